The molecule has 0 radical (unpaired) electrons. The van der Waals surface area contributed by atoms with Crippen molar-refractivity contribution in [2.24, 2.45) is 0 Å². The molecule has 0 saturated heterocycles. The molecule has 6 aromatic carbocycles. The maximum Gasteiger partial charge on any atom is 0.0998 e. The van der Waals surface area contributed by atoms with Crippen molar-refractivity contribution in [3.8, 4) is 23.3 Å². The van der Waals surface area contributed by atoms with E-state index in [1.807, 2.05) is 24.3 Å². The minimum Gasteiger partial charge on any atom is -0.310 e. The molecule has 0 aromatic heterocycles. The summed E-state index contributed by atoms with van der Waals surface area (Å²) in [5.41, 5.74) is 13.9. The van der Waals surface area contributed by atoms with Crippen molar-refractivity contribution in [3.63, 3.8) is 0 Å². The molecule has 0 fully saturated rings. The molecular weight excluding hydrogens is 536 g/mol. The molecule has 0 saturated carbocycles. The van der Waals surface area contributed by atoms with Gasteiger partial charge in [-0.3, -0.25) is 0 Å². The van der Waals surface area contributed by atoms with Gasteiger partial charge in [-0.25, -0.2) is 0 Å². The van der Waals surface area contributed by atoms with E-state index in [9.17, 15) is 10.5 Å². The molecule has 4 heteroatoms. The van der Waals surface area contributed by atoms with Crippen LogP contribution in [0.1, 0.15) is 33.4 Å². The highest BCUT2D eigenvalue weighted by molar-refractivity contribution is 5.90. The lowest BCUT2D eigenvalue weighted by atomic mass is 9.91. The fourth-order valence-electron chi connectivity index (χ4n) is 6.72. The van der Waals surface area contributed by atoms with E-state index in [0.29, 0.717) is 11.1 Å². The largest absolute Gasteiger partial charge is 0.310 e. The number of anilines is 6. The van der Waals surface area contributed by atoms with Crippen molar-refractivity contribution in [2.75, 3.05) is 9.80 Å². The summed E-state index contributed by atoms with van der Waals surface area (Å²) in [5.74, 6) is 0. The SMILES string of the molecule is N#Cc1ccc(N2c3ccccc3Cc3ccccc32)cc1-c1cc(N2c3ccccc3Cc3ccccc32)ccc1C#N. The highest BCUT2D eigenvalue weighted by Crippen LogP contribution is 2.47. The van der Waals surface area contributed by atoms with Crippen LogP contribution >= 0.6 is 0 Å². The first-order valence-corrected chi connectivity index (χ1v) is 14.7. The Morgan fingerprint density at radius 2 is 0.727 bits per heavy atom. The van der Waals surface area contributed by atoms with Gasteiger partial charge in [0, 0.05) is 58.1 Å². The molecule has 0 spiro atoms. The summed E-state index contributed by atoms with van der Waals surface area (Å²) >= 11 is 0. The van der Waals surface area contributed by atoms with Gasteiger partial charge in [-0.1, -0.05) is 72.8 Å². The molecule has 2 aliphatic rings. The van der Waals surface area contributed by atoms with Crippen LogP contribution in [0.4, 0.5) is 34.1 Å². The Kier molecular flexibility index (Phi) is 6.00. The van der Waals surface area contributed by atoms with Gasteiger partial charge in [0.2, 0.25) is 0 Å². The summed E-state index contributed by atoms with van der Waals surface area (Å²) in [7, 11) is 0. The molecule has 0 atom stereocenters. The van der Waals surface area contributed by atoms with E-state index in [4.69, 9.17) is 0 Å². The van der Waals surface area contributed by atoms with E-state index in [2.05, 4.69) is 131 Å². The van der Waals surface area contributed by atoms with Crippen LogP contribution < -0.4 is 9.80 Å². The topological polar surface area (TPSA) is 54.1 Å². The number of nitriles is 2. The Hall–Kier alpha value is -6.10. The van der Waals surface area contributed by atoms with Crippen LogP contribution in [-0.4, -0.2) is 0 Å². The van der Waals surface area contributed by atoms with Crippen molar-refractivity contribution in [1.29, 1.82) is 10.5 Å². The lowest BCUT2D eigenvalue weighted by Crippen LogP contribution is -2.19. The zero-order valence-electron chi connectivity index (χ0n) is 23.9. The molecule has 0 amide bonds. The number of fused-ring (bicyclic) bond motifs is 4. The van der Waals surface area contributed by atoms with Gasteiger partial charge in [-0.15, -0.1) is 0 Å². The minimum atomic E-state index is 0.528. The Labute approximate surface area is 256 Å². The molecule has 2 aliphatic heterocycles. The van der Waals surface area contributed by atoms with Crippen molar-refractivity contribution in [3.05, 3.63) is 167 Å². The van der Waals surface area contributed by atoms with Crippen LogP contribution in [-0.2, 0) is 12.8 Å². The summed E-state index contributed by atoms with van der Waals surface area (Å²) in [5, 5.41) is 20.6. The molecule has 0 aliphatic carbocycles. The third-order valence-electron chi connectivity index (χ3n) is 8.75. The molecule has 0 N–H and O–H groups in total. The van der Waals surface area contributed by atoms with Crippen molar-refractivity contribution in [1.82, 2.24) is 0 Å². The zero-order chi connectivity index (χ0) is 29.6. The third kappa shape index (κ3) is 4.05. The van der Waals surface area contributed by atoms with Crippen LogP contribution in [0.2, 0.25) is 0 Å². The standard InChI is InChI=1S/C40H26N4/c41-25-31-17-19-33(43-37-13-5-1-9-27(37)21-28-10-2-6-14-38(28)43)23-35(31)36-24-34(20-18-32(36)26-42)44-39-15-7-3-11-29(39)22-30-12-4-8-16-40(30)44/h1-20,23-24H,21-22H2. The molecule has 0 bridgehead atoms. The van der Waals surface area contributed by atoms with Crippen molar-refractivity contribution < 1.29 is 0 Å². The highest BCUT2D eigenvalue weighted by atomic mass is 15.2. The second-order valence-electron chi connectivity index (χ2n) is 11.2. The monoisotopic (exact) mass is 562 g/mol. The minimum absolute atomic E-state index is 0.528. The first kappa shape index (κ1) is 25.6. The molecule has 0 unspecified atom stereocenters. The quantitative estimate of drug-likeness (QED) is 0.215. The number of rotatable bonds is 3. The van der Waals surface area contributed by atoms with Crippen LogP contribution in [0.5, 0.6) is 0 Å². The predicted octanol–water partition coefficient (Wildman–Crippen LogP) is 9.84. The number of nitrogens with zero attached hydrogens (tertiary/aromatic N) is 4. The van der Waals surface area contributed by atoms with E-state index in [1.165, 1.54) is 22.3 Å². The van der Waals surface area contributed by atoms with Crippen molar-refractivity contribution >= 4 is 34.1 Å². The first-order valence-electron chi connectivity index (χ1n) is 14.7. The van der Waals surface area contributed by atoms with Gasteiger partial charge in [-0.2, -0.15) is 10.5 Å². The average molecular weight is 563 g/mol. The van der Waals surface area contributed by atoms with Crippen LogP contribution in [0.25, 0.3) is 11.1 Å². The van der Waals surface area contributed by atoms with Crippen LogP contribution in [0.15, 0.2) is 133 Å². The van der Waals surface area contributed by atoms with Gasteiger partial charge in [0.15, 0.2) is 0 Å². The van der Waals surface area contributed by atoms with Crippen LogP contribution in [0, 0.1) is 22.7 Å². The summed E-state index contributed by atoms with van der Waals surface area (Å²) in [6.45, 7) is 0. The van der Waals surface area contributed by atoms with Crippen molar-refractivity contribution in [2.45, 2.75) is 12.8 Å². The van der Waals surface area contributed by atoms with Gasteiger partial charge in [0.05, 0.1) is 23.3 Å². The molecule has 2 heterocycles. The lowest BCUT2D eigenvalue weighted by Gasteiger charge is -2.34. The molecule has 206 valence electrons. The van der Waals surface area contributed by atoms with Gasteiger partial charge in [-0.05, 0) is 82.9 Å². The van der Waals surface area contributed by atoms with E-state index >= 15 is 0 Å². The van der Waals surface area contributed by atoms with E-state index in [-0.39, 0.29) is 0 Å². The van der Waals surface area contributed by atoms with Gasteiger partial charge < -0.3 is 9.80 Å². The normalized spacial score (nSPS) is 12.7. The Morgan fingerprint density at radius 3 is 1.05 bits per heavy atom. The summed E-state index contributed by atoms with van der Waals surface area (Å²) in [6, 6.07) is 50.6. The summed E-state index contributed by atoms with van der Waals surface area (Å²) in [6.07, 6.45) is 1.73. The van der Waals surface area contributed by atoms with Gasteiger partial charge in [0.1, 0.15) is 0 Å². The smallest absolute Gasteiger partial charge is 0.0998 e. The summed E-state index contributed by atoms with van der Waals surface area (Å²) in [4.78, 5) is 4.54. The molecule has 4 nitrogen and oxygen atoms in total. The maximum atomic E-state index is 10.3. The number of hydrogen-bond acceptors (Lipinski definition) is 4. The average Bonchev–Trinajstić information content (AvgIpc) is 3.09. The Bertz CT molecular complexity index is 1930. The second kappa shape index (κ2) is 10.3. The van der Waals surface area contributed by atoms with E-state index in [1.54, 1.807) is 0 Å². The first-order chi connectivity index (χ1) is 21.7. The lowest BCUT2D eigenvalue weighted by molar-refractivity contribution is 1.09. The molecule has 8 rings (SSSR count). The predicted molar refractivity (Wildman–Crippen MR) is 176 cm³/mol. The zero-order valence-corrected chi connectivity index (χ0v) is 23.9. The Balaban J connectivity index is 1.33. The van der Waals surface area contributed by atoms with E-state index in [0.717, 1.165) is 58.1 Å². The van der Waals surface area contributed by atoms with Gasteiger partial charge in [0.25, 0.3) is 0 Å². The number of para-hydroxylation sites is 4. The number of hydrogen-bond donors (Lipinski definition) is 0. The summed E-state index contributed by atoms with van der Waals surface area (Å²) < 4.78 is 0. The maximum absolute atomic E-state index is 10.3. The fraction of sp³-hybridized carbons (Fsp3) is 0.0500. The molecule has 6 aromatic rings. The number of benzene rings is 6. The second-order valence-corrected chi connectivity index (χ2v) is 11.2. The van der Waals surface area contributed by atoms with Gasteiger partial charge >= 0.3 is 0 Å². The molecule has 44 heavy (non-hydrogen) atoms. The third-order valence-corrected chi connectivity index (χ3v) is 8.75. The highest BCUT2D eigenvalue weighted by Gasteiger charge is 2.27. The van der Waals surface area contributed by atoms with Crippen LogP contribution in [0.3, 0.4) is 0 Å². The Morgan fingerprint density at radius 1 is 0.409 bits per heavy atom. The van der Waals surface area contributed by atoms with E-state index < -0.39 is 0 Å². The fourth-order valence-corrected chi connectivity index (χ4v) is 6.72. The molecular formula is C40H26N4.